The molecule has 2 heterocycles. The number of carboxylic acid groups (broad SMARTS) is 1. The second-order valence-electron chi connectivity index (χ2n) is 5.20. The Balaban J connectivity index is 2.07. The molecule has 1 saturated heterocycles. The van der Waals surface area contributed by atoms with E-state index in [4.69, 9.17) is 4.74 Å². The zero-order chi connectivity index (χ0) is 14.8. The molecule has 5 nitrogen and oxygen atoms in total. The second-order valence-corrected chi connectivity index (χ2v) is 5.20. The number of ether oxygens (including phenoxy) is 1. The standard InChI is InChI=1S/C16H18N2O3/c1-2-11-10-21-8-7-18(11)12-3-4-15-14(9-12)13(16(19)20)5-6-17-15/h3-6,9,11H,2,7-8,10H2,1H3,(H,19,20). The van der Waals surface area contributed by atoms with E-state index in [1.54, 1.807) is 6.07 Å². The van der Waals surface area contributed by atoms with Crippen LogP contribution in [0.1, 0.15) is 23.7 Å². The van der Waals surface area contributed by atoms with Crippen LogP contribution in [-0.2, 0) is 4.74 Å². The van der Waals surface area contributed by atoms with Gasteiger partial charge in [0.15, 0.2) is 0 Å². The third-order valence-electron chi connectivity index (χ3n) is 3.99. The number of aromatic carboxylic acids is 1. The summed E-state index contributed by atoms with van der Waals surface area (Å²) in [5.74, 6) is -0.923. The number of nitrogens with zero attached hydrogens (tertiary/aromatic N) is 2. The van der Waals surface area contributed by atoms with E-state index >= 15 is 0 Å². The maximum absolute atomic E-state index is 11.4. The molecule has 21 heavy (non-hydrogen) atoms. The van der Waals surface area contributed by atoms with Crippen molar-refractivity contribution in [1.82, 2.24) is 4.98 Å². The Morgan fingerprint density at radius 3 is 3.10 bits per heavy atom. The van der Waals surface area contributed by atoms with Gasteiger partial charge in [0, 0.05) is 23.8 Å². The Kier molecular flexibility index (Phi) is 3.75. The minimum Gasteiger partial charge on any atom is -0.478 e. The molecule has 0 amide bonds. The lowest BCUT2D eigenvalue weighted by molar-refractivity contribution is 0.0699. The Hall–Kier alpha value is -2.14. The highest BCUT2D eigenvalue weighted by Gasteiger charge is 2.22. The monoisotopic (exact) mass is 286 g/mol. The normalized spacial score (nSPS) is 18.9. The fraction of sp³-hybridized carbons (Fsp3) is 0.375. The van der Waals surface area contributed by atoms with Crippen molar-refractivity contribution in [1.29, 1.82) is 0 Å². The average Bonchev–Trinajstić information content (AvgIpc) is 2.53. The second kappa shape index (κ2) is 5.69. The van der Waals surface area contributed by atoms with Gasteiger partial charge in [0.05, 0.1) is 30.3 Å². The third kappa shape index (κ3) is 2.56. The predicted octanol–water partition coefficient (Wildman–Crippen LogP) is 2.55. The van der Waals surface area contributed by atoms with Crippen LogP contribution in [0.3, 0.4) is 0 Å². The van der Waals surface area contributed by atoms with E-state index in [0.29, 0.717) is 35.7 Å². The molecule has 0 saturated carbocycles. The van der Waals surface area contributed by atoms with Crippen molar-refractivity contribution in [3.05, 3.63) is 36.0 Å². The summed E-state index contributed by atoms with van der Waals surface area (Å²) in [6.45, 7) is 4.38. The van der Waals surface area contributed by atoms with E-state index in [-0.39, 0.29) is 0 Å². The number of carboxylic acids is 1. The number of hydrogen-bond acceptors (Lipinski definition) is 4. The van der Waals surface area contributed by atoms with E-state index in [0.717, 1.165) is 18.7 Å². The fourth-order valence-electron chi connectivity index (χ4n) is 2.83. The van der Waals surface area contributed by atoms with Crippen LogP contribution in [0.15, 0.2) is 30.5 Å². The number of pyridine rings is 1. The van der Waals surface area contributed by atoms with Gasteiger partial charge in [-0.05, 0) is 30.7 Å². The number of anilines is 1. The lowest BCUT2D eigenvalue weighted by Crippen LogP contribution is -2.45. The molecule has 0 radical (unpaired) electrons. The molecule has 1 unspecified atom stereocenters. The zero-order valence-corrected chi connectivity index (χ0v) is 12.0. The van der Waals surface area contributed by atoms with Gasteiger partial charge in [-0.15, -0.1) is 0 Å². The highest BCUT2D eigenvalue weighted by molar-refractivity contribution is 6.03. The Morgan fingerprint density at radius 1 is 1.48 bits per heavy atom. The van der Waals surface area contributed by atoms with Gasteiger partial charge in [-0.1, -0.05) is 6.92 Å². The number of carbonyl (C=O) groups is 1. The van der Waals surface area contributed by atoms with Crippen molar-refractivity contribution in [3.8, 4) is 0 Å². The van der Waals surface area contributed by atoms with Gasteiger partial charge >= 0.3 is 5.97 Å². The lowest BCUT2D eigenvalue weighted by atomic mass is 10.1. The van der Waals surface area contributed by atoms with E-state index < -0.39 is 5.97 Å². The molecule has 1 aromatic heterocycles. The minimum absolute atomic E-state index is 0.295. The van der Waals surface area contributed by atoms with Crippen LogP contribution in [0.2, 0.25) is 0 Å². The third-order valence-corrected chi connectivity index (χ3v) is 3.99. The topological polar surface area (TPSA) is 62.7 Å². The van der Waals surface area contributed by atoms with Gasteiger partial charge in [-0.2, -0.15) is 0 Å². The first-order valence-electron chi connectivity index (χ1n) is 7.17. The van der Waals surface area contributed by atoms with Crippen molar-refractivity contribution in [2.24, 2.45) is 0 Å². The van der Waals surface area contributed by atoms with Crippen LogP contribution >= 0.6 is 0 Å². The quantitative estimate of drug-likeness (QED) is 0.939. The summed E-state index contributed by atoms with van der Waals surface area (Å²) in [6, 6.07) is 7.71. The van der Waals surface area contributed by atoms with Gasteiger partial charge in [0.2, 0.25) is 0 Å². The van der Waals surface area contributed by atoms with Crippen molar-refractivity contribution in [3.63, 3.8) is 0 Å². The maximum Gasteiger partial charge on any atom is 0.336 e. The first-order chi connectivity index (χ1) is 10.2. The highest BCUT2D eigenvalue weighted by atomic mass is 16.5. The van der Waals surface area contributed by atoms with Crippen molar-refractivity contribution in [2.45, 2.75) is 19.4 Å². The number of morpholine rings is 1. The molecule has 1 aromatic carbocycles. The Bertz CT molecular complexity index is 672. The molecular weight excluding hydrogens is 268 g/mol. The largest absolute Gasteiger partial charge is 0.478 e. The molecule has 1 aliphatic rings. The SMILES string of the molecule is CCC1COCCN1c1ccc2nccc(C(=O)O)c2c1. The first kappa shape index (κ1) is 13.8. The predicted molar refractivity (Wildman–Crippen MR) is 80.9 cm³/mol. The van der Waals surface area contributed by atoms with Crippen LogP contribution in [0, 0.1) is 0 Å². The van der Waals surface area contributed by atoms with E-state index in [9.17, 15) is 9.90 Å². The van der Waals surface area contributed by atoms with Crippen LogP contribution in [0.25, 0.3) is 10.9 Å². The summed E-state index contributed by atoms with van der Waals surface area (Å²) in [4.78, 5) is 17.9. The molecular formula is C16H18N2O3. The van der Waals surface area contributed by atoms with Gasteiger partial charge in [-0.3, -0.25) is 4.98 Å². The van der Waals surface area contributed by atoms with Crippen molar-refractivity contribution < 1.29 is 14.6 Å². The average molecular weight is 286 g/mol. The van der Waals surface area contributed by atoms with Gasteiger partial charge in [0.25, 0.3) is 0 Å². The summed E-state index contributed by atoms with van der Waals surface area (Å²) in [6.07, 6.45) is 2.53. The maximum atomic E-state index is 11.4. The molecule has 0 aliphatic carbocycles. The van der Waals surface area contributed by atoms with Gasteiger partial charge in [-0.25, -0.2) is 4.79 Å². The van der Waals surface area contributed by atoms with Gasteiger partial charge < -0.3 is 14.7 Å². The van der Waals surface area contributed by atoms with Crippen LogP contribution in [0.5, 0.6) is 0 Å². The molecule has 1 atom stereocenters. The van der Waals surface area contributed by atoms with Crippen LogP contribution < -0.4 is 4.90 Å². The summed E-state index contributed by atoms with van der Waals surface area (Å²) in [5, 5.41) is 10.0. The Morgan fingerprint density at radius 2 is 2.33 bits per heavy atom. The van der Waals surface area contributed by atoms with E-state index in [1.807, 2.05) is 18.2 Å². The van der Waals surface area contributed by atoms with Gasteiger partial charge in [0.1, 0.15) is 0 Å². The molecule has 2 aromatic rings. The molecule has 0 bridgehead atoms. The summed E-state index contributed by atoms with van der Waals surface area (Å²) in [5.41, 5.74) is 2.04. The summed E-state index contributed by atoms with van der Waals surface area (Å²) < 4.78 is 5.53. The molecule has 5 heteroatoms. The Labute approximate surface area is 123 Å². The van der Waals surface area contributed by atoms with Crippen LogP contribution in [0.4, 0.5) is 5.69 Å². The molecule has 1 fully saturated rings. The van der Waals surface area contributed by atoms with E-state index in [1.165, 1.54) is 6.20 Å². The van der Waals surface area contributed by atoms with Crippen LogP contribution in [-0.4, -0.2) is 41.9 Å². The molecule has 3 rings (SSSR count). The molecule has 0 spiro atoms. The summed E-state index contributed by atoms with van der Waals surface area (Å²) >= 11 is 0. The number of rotatable bonds is 3. The minimum atomic E-state index is -0.923. The number of fused-ring (bicyclic) bond motifs is 1. The highest BCUT2D eigenvalue weighted by Crippen LogP contribution is 2.27. The molecule has 110 valence electrons. The summed E-state index contributed by atoms with van der Waals surface area (Å²) in [7, 11) is 0. The molecule has 1 N–H and O–H groups in total. The first-order valence-corrected chi connectivity index (χ1v) is 7.17. The smallest absolute Gasteiger partial charge is 0.336 e. The lowest BCUT2D eigenvalue weighted by Gasteiger charge is -2.37. The zero-order valence-electron chi connectivity index (χ0n) is 12.0. The number of benzene rings is 1. The number of hydrogen-bond donors (Lipinski definition) is 1. The van der Waals surface area contributed by atoms with Crippen molar-refractivity contribution in [2.75, 3.05) is 24.7 Å². The van der Waals surface area contributed by atoms with Crippen molar-refractivity contribution >= 4 is 22.6 Å². The molecule has 1 aliphatic heterocycles. The van der Waals surface area contributed by atoms with E-state index in [2.05, 4.69) is 16.8 Å². The number of aromatic nitrogens is 1. The fourth-order valence-corrected chi connectivity index (χ4v) is 2.83.